The molecule has 0 spiro atoms. The average Bonchev–Trinajstić information content (AvgIpc) is 3.18. The number of aromatic nitrogens is 3. The molecule has 32 heavy (non-hydrogen) atoms. The van der Waals surface area contributed by atoms with Gasteiger partial charge in [-0.15, -0.1) is 0 Å². The number of halogens is 1. The van der Waals surface area contributed by atoms with Crippen LogP contribution in [0.5, 0.6) is 0 Å². The van der Waals surface area contributed by atoms with Gasteiger partial charge in [0.05, 0.1) is 6.42 Å². The van der Waals surface area contributed by atoms with Crippen LogP contribution in [0.25, 0.3) is 22.4 Å². The van der Waals surface area contributed by atoms with Crippen LogP contribution < -0.4 is 5.32 Å². The molecule has 0 fully saturated rings. The lowest BCUT2D eigenvalue weighted by molar-refractivity contribution is -0.115. The molecular formula is C26H25FN4O. The molecule has 0 aliphatic rings. The largest absolute Gasteiger partial charge is 0.310 e. The Morgan fingerprint density at radius 2 is 1.78 bits per heavy atom. The highest BCUT2D eigenvalue weighted by molar-refractivity contribution is 5.92. The number of rotatable bonds is 7. The number of carbonyl (C=O) groups is 1. The van der Waals surface area contributed by atoms with E-state index in [9.17, 15) is 9.18 Å². The van der Waals surface area contributed by atoms with Crippen molar-refractivity contribution in [3.63, 3.8) is 0 Å². The van der Waals surface area contributed by atoms with Crippen LogP contribution in [-0.4, -0.2) is 20.7 Å². The molecule has 2 aromatic carbocycles. The van der Waals surface area contributed by atoms with Gasteiger partial charge in [0.15, 0.2) is 0 Å². The first-order valence-electron chi connectivity index (χ1n) is 10.6. The lowest BCUT2D eigenvalue weighted by Crippen LogP contribution is -2.15. The van der Waals surface area contributed by atoms with E-state index in [1.54, 1.807) is 18.3 Å². The van der Waals surface area contributed by atoms with Gasteiger partial charge in [-0.25, -0.2) is 9.37 Å². The summed E-state index contributed by atoms with van der Waals surface area (Å²) in [6.07, 6.45) is 3.94. The van der Waals surface area contributed by atoms with E-state index >= 15 is 0 Å². The number of amides is 1. The summed E-state index contributed by atoms with van der Waals surface area (Å²) >= 11 is 0. The van der Waals surface area contributed by atoms with Crippen molar-refractivity contribution in [1.29, 1.82) is 0 Å². The highest BCUT2D eigenvalue weighted by Crippen LogP contribution is 2.32. The maximum Gasteiger partial charge on any atom is 0.229 e. The number of hydrogen-bond donors (Lipinski definition) is 1. The number of pyridine rings is 1. The van der Waals surface area contributed by atoms with Crippen molar-refractivity contribution < 1.29 is 9.18 Å². The predicted octanol–water partition coefficient (Wildman–Crippen LogP) is 5.59. The molecule has 0 atom stereocenters. The molecule has 6 heteroatoms. The van der Waals surface area contributed by atoms with Crippen molar-refractivity contribution in [3.8, 4) is 22.4 Å². The number of carbonyl (C=O) groups excluding carboxylic acids is 1. The molecule has 162 valence electrons. The molecule has 0 saturated heterocycles. The van der Waals surface area contributed by atoms with Gasteiger partial charge < -0.3 is 5.32 Å². The van der Waals surface area contributed by atoms with Crippen LogP contribution in [0.1, 0.15) is 19.4 Å². The second kappa shape index (κ2) is 9.56. The number of anilines is 1. The quantitative estimate of drug-likeness (QED) is 0.417. The Balaban J connectivity index is 1.63. The molecule has 0 aliphatic heterocycles. The van der Waals surface area contributed by atoms with Crippen molar-refractivity contribution in [2.75, 3.05) is 5.32 Å². The third kappa shape index (κ3) is 5.27. The summed E-state index contributed by atoms with van der Waals surface area (Å²) < 4.78 is 15.4. The van der Waals surface area contributed by atoms with Gasteiger partial charge in [-0.2, -0.15) is 5.10 Å². The summed E-state index contributed by atoms with van der Waals surface area (Å²) in [5, 5.41) is 7.64. The third-order valence-electron chi connectivity index (χ3n) is 4.98. The number of nitrogens with zero attached hydrogens (tertiary/aromatic N) is 3. The molecule has 0 aliphatic carbocycles. The highest BCUT2D eigenvalue weighted by Gasteiger charge is 2.15. The van der Waals surface area contributed by atoms with Gasteiger partial charge in [-0.1, -0.05) is 44.2 Å². The number of nitrogens with one attached hydrogen (secondary N) is 1. The van der Waals surface area contributed by atoms with Gasteiger partial charge in [-0.3, -0.25) is 9.48 Å². The Hall–Kier alpha value is -3.80. The topological polar surface area (TPSA) is 59.8 Å². The fourth-order valence-corrected chi connectivity index (χ4v) is 3.56. The van der Waals surface area contributed by atoms with Crippen LogP contribution in [0, 0.1) is 11.7 Å². The molecule has 5 nitrogen and oxygen atoms in total. The van der Waals surface area contributed by atoms with E-state index in [1.807, 2.05) is 53.3 Å². The minimum absolute atomic E-state index is 0.130. The van der Waals surface area contributed by atoms with Crippen molar-refractivity contribution in [2.24, 2.45) is 5.92 Å². The zero-order chi connectivity index (χ0) is 22.5. The predicted molar refractivity (Wildman–Crippen MR) is 124 cm³/mol. The van der Waals surface area contributed by atoms with Gasteiger partial charge in [0.1, 0.15) is 17.3 Å². The minimum Gasteiger partial charge on any atom is -0.310 e. The maximum atomic E-state index is 13.5. The number of benzene rings is 2. The Bertz CT molecular complexity index is 1200. The van der Waals surface area contributed by atoms with Crippen molar-refractivity contribution >= 4 is 11.7 Å². The second-order valence-electron chi connectivity index (χ2n) is 8.15. The molecule has 0 unspecified atom stereocenters. The lowest BCUT2D eigenvalue weighted by atomic mass is 10.0. The Kier molecular flexibility index (Phi) is 6.40. The van der Waals surface area contributed by atoms with Crippen LogP contribution in [0.2, 0.25) is 0 Å². The molecule has 4 aromatic rings. The van der Waals surface area contributed by atoms with Gasteiger partial charge in [-0.05, 0) is 53.4 Å². The van der Waals surface area contributed by atoms with Crippen LogP contribution >= 0.6 is 0 Å². The molecule has 2 heterocycles. The van der Waals surface area contributed by atoms with E-state index in [2.05, 4.69) is 24.1 Å². The molecule has 0 saturated carbocycles. The Morgan fingerprint density at radius 3 is 2.50 bits per heavy atom. The summed E-state index contributed by atoms with van der Waals surface area (Å²) in [6.45, 7) is 5.03. The fraction of sp³-hybridized carbons (Fsp3) is 0.192. The lowest BCUT2D eigenvalue weighted by Gasteiger charge is -2.07. The van der Waals surface area contributed by atoms with E-state index in [-0.39, 0.29) is 18.1 Å². The van der Waals surface area contributed by atoms with Crippen LogP contribution in [0.3, 0.4) is 0 Å². The molecule has 4 rings (SSSR count). The van der Waals surface area contributed by atoms with Crippen molar-refractivity contribution in [1.82, 2.24) is 14.8 Å². The molecule has 1 N–H and O–H groups in total. The summed E-state index contributed by atoms with van der Waals surface area (Å²) in [7, 11) is 0. The normalized spacial score (nSPS) is 11.0. The van der Waals surface area contributed by atoms with E-state index in [0.717, 1.165) is 34.5 Å². The van der Waals surface area contributed by atoms with Crippen LogP contribution in [0.4, 0.5) is 10.2 Å². The first-order chi connectivity index (χ1) is 15.5. The van der Waals surface area contributed by atoms with Crippen molar-refractivity contribution in [3.05, 3.63) is 90.5 Å². The zero-order valence-corrected chi connectivity index (χ0v) is 18.1. The molecule has 2 aromatic heterocycles. The second-order valence-corrected chi connectivity index (χ2v) is 8.15. The Morgan fingerprint density at radius 1 is 1.03 bits per heavy atom. The summed E-state index contributed by atoms with van der Waals surface area (Å²) in [6, 6.07) is 19.6. The first-order valence-corrected chi connectivity index (χ1v) is 10.6. The maximum absolute atomic E-state index is 13.5. The summed E-state index contributed by atoms with van der Waals surface area (Å²) in [5.41, 5.74) is 4.31. The Labute approximate surface area is 186 Å². The van der Waals surface area contributed by atoms with E-state index in [4.69, 9.17) is 5.10 Å². The molecule has 0 radical (unpaired) electrons. The van der Waals surface area contributed by atoms with Crippen LogP contribution in [-0.2, 0) is 17.8 Å². The van der Waals surface area contributed by atoms with Gasteiger partial charge >= 0.3 is 0 Å². The zero-order valence-electron chi connectivity index (χ0n) is 18.1. The minimum atomic E-state index is -0.288. The van der Waals surface area contributed by atoms with E-state index in [0.29, 0.717) is 11.7 Å². The molecule has 0 bridgehead atoms. The standard InChI is InChI=1S/C26H25FN4O/c1-18(2)16-31-17-23(26(30-31)20-8-10-22(27)11-9-20)21-12-13-28-24(15-21)29-25(32)14-19-6-4-3-5-7-19/h3-13,15,17-18H,14,16H2,1-2H3,(H,28,29,32). The highest BCUT2D eigenvalue weighted by atomic mass is 19.1. The summed E-state index contributed by atoms with van der Waals surface area (Å²) in [5.74, 6) is 0.485. The molecular weight excluding hydrogens is 403 g/mol. The van der Waals surface area contributed by atoms with Gasteiger partial charge in [0.25, 0.3) is 0 Å². The monoisotopic (exact) mass is 428 g/mol. The van der Waals surface area contributed by atoms with Crippen LogP contribution in [0.15, 0.2) is 79.1 Å². The van der Waals surface area contributed by atoms with Gasteiger partial charge in [0.2, 0.25) is 5.91 Å². The SMILES string of the molecule is CC(C)Cn1cc(-c2ccnc(NC(=O)Cc3ccccc3)c2)c(-c2ccc(F)cc2)n1. The fourth-order valence-electron chi connectivity index (χ4n) is 3.56. The summed E-state index contributed by atoms with van der Waals surface area (Å²) in [4.78, 5) is 16.8. The van der Waals surface area contributed by atoms with Crippen molar-refractivity contribution in [2.45, 2.75) is 26.8 Å². The smallest absolute Gasteiger partial charge is 0.229 e. The average molecular weight is 429 g/mol. The first kappa shape index (κ1) is 21.4. The molecule has 1 amide bonds. The number of hydrogen-bond acceptors (Lipinski definition) is 3. The van der Waals surface area contributed by atoms with E-state index in [1.165, 1.54) is 12.1 Å². The third-order valence-corrected chi connectivity index (χ3v) is 4.98. The van der Waals surface area contributed by atoms with E-state index < -0.39 is 0 Å². The van der Waals surface area contributed by atoms with Gasteiger partial charge in [0, 0.05) is 30.1 Å².